The zero-order valence-electron chi connectivity index (χ0n) is 9.60. The first-order chi connectivity index (χ1) is 8.24. The molecule has 0 spiro atoms. The average Bonchev–Trinajstić information content (AvgIpc) is 2.35. The largest absolute Gasteiger partial charge is 0.302 e. The fraction of sp³-hybridized carbons (Fsp3) is 0.417. The second-order valence-corrected chi connectivity index (χ2v) is 4.96. The number of likely N-dealkylation sites (N-methyl/N-ethyl adjacent to an activating group) is 1. The Morgan fingerprint density at radius 1 is 1.53 bits per heavy atom. The van der Waals surface area contributed by atoms with E-state index in [9.17, 15) is 0 Å². The van der Waals surface area contributed by atoms with Gasteiger partial charge in [0.2, 0.25) is 0 Å². The zero-order chi connectivity index (χ0) is 12.3. The number of fused-ring (bicyclic) bond motifs is 1. The lowest BCUT2D eigenvalue weighted by molar-refractivity contribution is 0.309. The Morgan fingerprint density at radius 2 is 2.35 bits per heavy atom. The van der Waals surface area contributed by atoms with Crippen molar-refractivity contribution in [2.75, 3.05) is 19.3 Å². The highest BCUT2D eigenvalue weighted by molar-refractivity contribution is 7.99. The Bertz CT molecular complexity index is 512. The summed E-state index contributed by atoms with van der Waals surface area (Å²) in [6.45, 7) is 1.84. The minimum Gasteiger partial charge on any atom is -0.302 e. The molecular weight excluding hydrogens is 232 g/mol. The summed E-state index contributed by atoms with van der Waals surface area (Å²) in [6, 6.07) is 6.13. The Hall–Kier alpha value is -1.56. The molecule has 0 fully saturated rings. The first-order valence-electron chi connectivity index (χ1n) is 5.35. The summed E-state index contributed by atoms with van der Waals surface area (Å²) in [5, 5.41) is 18.4. The second-order valence-electron chi connectivity index (χ2n) is 3.99. The Labute approximate surface area is 105 Å². The molecule has 0 radical (unpaired) electrons. The van der Waals surface area contributed by atoms with E-state index in [1.807, 2.05) is 6.07 Å². The van der Waals surface area contributed by atoms with Crippen molar-refractivity contribution >= 4 is 11.8 Å². The van der Waals surface area contributed by atoms with E-state index in [0.717, 1.165) is 30.8 Å². The molecule has 2 rings (SSSR count). The van der Waals surface area contributed by atoms with Gasteiger partial charge in [-0.2, -0.15) is 10.5 Å². The fourth-order valence-corrected chi connectivity index (χ4v) is 2.52. The van der Waals surface area contributed by atoms with Crippen molar-refractivity contribution in [1.29, 1.82) is 10.5 Å². The molecule has 0 saturated carbocycles. The number of hydrogen-bond donors (Lipinski definition) is 0. The van der Waals surface area contributed by atoms with Crippen LogP contribution in [0.1, 0.15) is 16.8 Å². The van der Waals surface area contributed by atoms with Crippen LogP contribution in [-0.4, -0.2) is 29.2 Å². The predicted molar refractivity (Wildman–Crippen MR) is 65.3 cm³/mol. The molecule has 1 aromatic heterocycles. The summed E-state index contributed by atoms with van der Waals surface area (Å²) >= 11 is 1.34. The summed E-state index contributed by atoms with van der Waals surface area (Å²) in [5.41, 5.74) is 2.79. The maximum atomic E-state index is 9.09. The normalized spacial score (nSPS) is 14.8. The molecule has 0 amide bonds. The van der Waals surface area contributed by atoms with E-state index in [1.54, 1.807) is 0 Å². The second kappa shape index (κ2) is 5.18. The van der Waals surface area contributed by atoms with Crippen LogP contribution in [0.5, 0.6) is 0 Å². The van der Waals surface area contributed by atoms with E-state index in [4.69, 9.17) is 10.5 Å². The summed E-state index contributed by atoms with van der Waals surface area (Å²) in [5.74, 6) is 0.334. The van der Waals surface area contributed by atoms with Gasteiger partial charge < -0.3 is 4.90 Å². The van der Waals surface area contributed by atoms with Gasteiger partial charge in [-0.3, -0.25) is 0 Å². The number of nitriles is 2. The maximum Gasteiger partial charge on any atom is 0.115 e. The highest BCUT2D eigenvalue weighted by Crippen LogP contribution is 2.25. The number of hydrogen-bond acceptors (Lipinski definition) is 5. The summed E-state index contributed by atoms with van der Waals surface area (Å²) in [4.78, 5) is 6.73. The van der Waals surface area contributed by atoms with E-state index in [0.29, 0.717) is 16.3 Å². The van der Waals surface area contributed by atoms with E-state index < -0.39 is 0 Å². The molecule has 0 bridgehead atoms. The number of nitrogens with zero attached hydrogens (tertiary/aromatic N) is 4. The highest BCUT2D eigenvalue weighted by atomic mass is 32.2. The Balaban J connectivity index is 2.36. The van der Waals surface area contributed by atoms with Crippen LogP contribution in [0.2, 0.25) is 0 Å². The van der Waals surface area contributed by atoms with Crippen LogP contribution in [0, 0.1) is 22.7 Å². The minimum atomic E-state index is 0.334. The SMILES string of the molecule is CN1CCc2nc(SCC#N)c(C#N)cc2C1. The molecular formula is C12H12N4S. The van der Waals surface area contributed by atoms with Gasteiger partial charge in [-0.25, -0.2) is 4.98 Å². The molecule has 0 aliphatic carbocycles. The molecule has 17 heavy (non-hydrogen) atoms. The maximum absolute atomic E-state index is 9.09. The van der Waals surface area contributed by atoms with Gasteiger partial charge in [0.25, 0.3) is 0 Å². The average molecular weight is 244 g/mol. The van der Waals surface area contributed by atoms with Gasteiger partial charge in [0.05, 0.1) is 17.4 Å². The third kappa shape index (κ3) is 2.58. The molecule has 0 N–H and O–H groups in total. The minimum absolute atomic E-state index is 0.334. The number of thioether (sulfide) groups is 1. The van der Waals surface area contributed by atoms with E-state index in [1.165, 1.54) is 11.8 Å². The van der Waals surface area contributed by atoms with Crippen molar-refractivity contribution in [3.8, 4) is 12.1 Å². The lowest BCUT2D eigenvalue weighted by Gasteiger charge is -2.24. The molecule has 0 saturated heterocycles. The molecule has 5 heteroatoms. The van der Waals surface area contributed by atoms with Gasteiger partial charge in [0.15, 0.2) is 0 Å². The van der Waals surface area contributed by atoms with Crippen LogP contribution >= 0.6 is 11.8 Å². The van der Waals surface area contributed by atoms with Gasteiger partial charge >= 0.3 is 0 Å². The smallest absolute Gasteiger partial charge is 0.115 e. The third-order valence-corrected chi connectivity index (χ3v) is 3.58. The van der Waals surface area contributed by atoms with Gasteiger partial charge in [-0.15, -0.1) is 0 Å². The van der Waals surface area contributed by atoms with E-state index in [2.05, 4.69) is 29.1 Å². The van der Waals surface area contributed by atoms with Crippen LogP contribution in [-0.2, 0) is 13.0 Å². The number of rotatable bonds is 2. The topological polar surface area (TPSA) is 63.7 Å². The monoisotopic (exact) mass is 244 g/mol. The Morgan fingerprint density at radius 3 is 3.06 bits per heavy atom. The van der Waals surface area contributed by atoms with Crippen LogP contribution in [0.15, 0.2) is 11.1 Å². The molecule has 0 atom stereocenters. The van der Waals surface area contributed by atoms with Gasteiger partial charge in [0.1, 0.15) is 11.1 Å². The highest BCUT2D eigenvalue weighted by Gasteiger charge is 2.17. The van der Waals surface area contributed by atoms with Crippen LogP contribution in [0.25, 0.3) is 0 Å². The van der Waals surface area contributed by atoms with E-state index in [-0.39, 0.29) is 0 Å². The summed E-state index contributed by atoms with van der Waals surface area (Å²) in [7, 11) is 2.06. The van der Waals surface area contributed by atoms with Crippen molar-refractivity contribution in [3.05, 3.63) is 22.9 Å². The van der Waals surface area contributed by atoms with Crippen molar-refractivity contribution in [2.45, 2.75) is 18.0 Å². The van der Waals surface area contributed by atoms with Crippen LogP contribution in [0.4, 0.5) is 0 Å². The molecule has 0 aromatic carbocycles. The number of pyridine rings is 1. The van der Waals surface area contributed by atoms with Gasteiger partial charge in [-0.1, -0.05) is 11.8 Å². The lowest BCUT2D eigenvalue weighted by atomic mass is 10.0. The quantitative estimate of drug-likeness (QED) is 0.739. The van der Waals surface area contributed by atoms with Crippen LogP contribution in [0.3, 0.4) is 0 Å². The first kappa shape index (κ1) is 11.9. The lowest BCUT2D eigenvalue weighted by Crippen LogP contribution is -2.27. The molecule has 0 unspecified atom stereocenters. The zero-order valence-corrected chi connectivity index (χ0v) is 10.4. The molecule has 4 nitrogen and oxygen atoms in total. The van der Waals surface area contributed by atoms with Crippen molar-refractivity contribution in [3.63, 3.8) is 0 Å². The molecule has 1 aliphatic heterocycles. The van der Waals surface area contributed by atoms with Crippen LogP contribution < -0.4 is 0 Å². The number of aromatic nitrogens is 1. The molecule has 2 heterocycles. The predicted octanol–water partition coefficient (Wildman–Crippen LogP) is 1.56. The summed E-state index contributed by atoms with van der Waals surface area (Å²) < 4.78 is 0. The standard InChI is InChI=1S/C12H12N4S/c1-16-4-2-11-10(8-16)6-9(7-14)12(15-11)17-5-3-13/h6H,2,4-5,8H2,1H3. The molecule has 86 valence electrons. The van der Waals surface area contributed by atoms with E-state index >= 15 is 0 Å². The van der Waals surface area contributed by atoms with Gasteiger partial charge in [0, 0.05) is 25.2 Å². The van der Waals surface area contributed by atoms with Gasteiger partial charge in [-0.05, 0) is 18.7 Å². The van der Waals surface area contributed by atoms with Crippen molar-refractivity contribution < 1.29 is 0 Å². The summed E-state index contributed by atoms with van der Waals surface area (Å²) in [6.07, 6.45) is 0.914. The van der Waals surface area contributed by atoms with Crippen molar-refractivity contribution in [1.82, 2.24) is 9.88 Å². The molecule has 1 aliphatic rings. The first-order valence-corrected chi connectivity index (χ1v) is 6.34. The fourth-order valence-electron chi connectivity index (χ4n) is 1.88. The Kier molecular flexibility index (Phi) is 3.63. The van der Waals surface area contributed by atoms with Crippen molar-refractivity contribution in [2.24, 2.45) is 0 Å². The third-order valence-electron chi connectivity index (χ3n) is 2.72. The molecule has 1 aromatic rings.